The summed E-state index contributed by atoms with van der Waals surface area (Å²) in [6.45, 7) is 8.74. The highest BCUT2D eigenvalue weighted by atomic mass is 16.5. The van der Waals surface area contributed by atoms with Gasteiger partial charge in [0.2, 0.25) is 0 Å². The Morgan fingerprint density at radius 3 is 2.89 bits per heavy atom. The highest BCUT2D eigenvalue weighted by Crippen LogP contribution is 2.12. The fourth-order valence-corrected chi connectivity index (χ4v) is 3.05. The maximum Gasteiger partial charge on any atom is 0.191 e. The Balaban J connectivity index is 1.69. The molecular weight excluding hydrogens is 340 g/mol. The smallest absolute Gasteiger partial charge is 0.191 e. The van der Waals surface area contributed by atoms with E-state index in [-0.39, 0.29) is 0 Å². The first-order chi connectivity index (χ1) is 13.2. The second-order valence-corrected chi connectivity index (χ2v) is 7.34. The van der Waals surface area contributed by atoms with Crippen molar-refractivity contribution >= 4 is 5.96 Å². The number of nitrogens with zero attached hydrogens (tertiary/aromatic N) is 2. The summed E-state index contributed by atoms with van der Waals surface area (Å²) in [6, 6.07) is 8.63. The zero-order valence-corrected chi connectivity index (χ0v) is 17.2. The lowest BCUT2D eigenvalue weighted by atomic mass is 10.1. The van der Waals surface area contributed by atoms with Crippen LogP contribution in [0.1, 0.15) is 30.9 Å². The predicted octanol–water partition coefficient (Wildman–Crippen LogP) is 2.25. The van der Waals surface area contributed by atoms with Crippen molar-refractivity contribution in [3.05, 3.63) is 35.4 Å². The summed E-state index contributed by atoms with van der Waals surface area (Å²) in [5, 5.41) is 6.70. The third kappa shape index (κ3) is 9.22. The second-order valence-electron chi connectivity index (χ2n) is 7.34. The summed E-state index contributed by atoms with van der Waals surface area (Å²) in [7, 11) is 4.17. The van der Waals surface area contributed by atoms with E-state index in [1.807, 2.05) is 0 Å². The molecule has 0 aromatic heterocycles. The summed E-state index contributed by atoms with van der Waals surface area (Å²) in [4.78, 5) is 6.88. The van der Waals surface area contributed by atoms with Gasteiger partial charge in [0, 0.05) is 38.8 Å². The van der Waals surface area contributed by atoms with Gasteiger partial charge in [-0.25, -0.2) is 4.99 Å². The topological polar surface area (TPSA) is 58.1 Å². The van der Waals surface area contributed by atoms with Crippen LogP contribution in [-0.2, 0) is 22.6 Å². The van der Waals surface area contributed by atoms with Crippen molar-refractivity contribution in [1.29, 1.82) is 0 Å². The molecule has 0 saturated carbocycles. The lowest BCUT2D eigenvalue weighted by Gasteiger charge is -2.13. The summed E-state index contributed by atoms with van der Waals surface area (Å²) < 4.78 is 11.1. The van der Waals surface area contributed by atoms with Crippen LogP contribution in [0.15, 0.2) is 29.3 Å². The molecule has 1 aliphatic rings. The number of rotatable bonds is 11. The minimum Gasteiger partial charge on any atom is -0.381 e. The molecule has 2 N–H and O–H groups in total. The molecule has 1 saturated heterocycles. The van der Waals surface area contributed by atoms with E-state index in [0.29, 0.717) is 12.5 Å². The molecule has 1 atom stereocenters. The van der Waals surface area contributed by atoms with E-state index in [1.54, 1.807) is 0 Å². The van der Waals surface area contributed by atoms with Crippen LogP contribution >= 0.6 is 0 Å². The van der Waals surface area contributed by atoms with Crippen LogP contribution in [0.4, 0.5) is 0 Å². The number of ether oxygens (including phenoxy) is 2. The van der Waals surface area contributed by atoms with Gasteiger partial charge >= 0.3 is 0 Å². The lowest BCUT2D eigenvalue weighted by molar-refractivity contribution is 0.0888. The number of benzene rings is 1. The summed E-state index contributed by atoms with van der Waals surface area (Å²) in [5.41, 5.74) is 2.55. The zero-order chi connectivity index (χ0) is 19.3. The van der Waals surface area contributed by atoms with Gasteiger partial charge in [-0.3, -0.25) is 0 Å². The SMILES string of the molecule is CCNC(=NCc1cccc(CN(C)C)c1)NCCCOCC1CCOC1. The molecule has 1 aromatic rings. The molecule has 1 fully saturated rings. The Morgan fingerprint density at radius 2 is 2.15 bits per heavy atom. The van der Waals surface area contributed by atoms with Crippen LogP contribution in [-0.4, -0.2) is 64.5 Å². The molecule has 6 heteroatoms. The minimum absolute atomic E-state index is 0.583. The Kier molecular flexibility index (Phi) is 10.2. The average molecular weight is 377 g/mol. The van der Waals surface area contributed by atoms with Crippen molar-refractivity contribution in [2.45, 2.75) is 32.9 Å². The molecule has 27 heavy (non-hydrogen) atoms. The fraction of sp³-hybridized carbons (Fsp3) is 0.667. The zero-order valence-electron chi connectivity index (χ0n) is 17.2. The molecular formula is C21H36N4O2. The van der Waals surface area contributed by atoms with Gasteiger partial charge in [-0.1, -0.05) is 24.3 Å². The van der Waals surface area contributed by atoms with Gasteiger partial charge in [-0.15, -0.1) is 0 Å². The molecule has 1 unspecified atom stereocenters. The molecule has 0 aliphatic carbocycles. The van der Waals surface area contributed by atoms with Crippen molar-refractivity contribution in [2.75, 3.05) is 53.6 Å². The molecule has 1 aromatic carbocycles. The normalized spacial score (nSPS) is 17.5. The van der Waals surface area contributed by atoms with Gasteiger partial charge in [0.05, 0.1) is 19.8 Å². The minimum atomic E-state index is 0.583. The molecule has 0 spiro atoms. The standard InChI is InChI=1S/C21H36N4O2/c1-4-22-21(23-10-6-11-26-16-20-9-12-27-17-20)24-14-18-7-5-8-19(13-18)15-25(2)3/h5,7-8,13,20H,4,6,9-12,14-17H2,1-3H3,(H2,22,23,24). The predicted molar refractivity (Wildman–Crippen MR) is 111 cm³/mol. The van der Waals surface area contributed by atoms with Crippen LogP contribution in [0.2, 0.25) is 0 Å². The first-order valence-corrected chi connectivity index (χ1v) is 10.1. The van der Waals surface area contributed by atoms with E-state index in [0.717, 1.165) is 64.9 Å². The number of hydrogen-bond acceptors (Lipinski definition) is 4. The Morgan fingerprint density at radius 1 is 1.30 bits per heavy atom. The monoisotopic (exact) mass is 376 g/mol. The molecule has 0 radical (unpaired) electrons. The molecule has 1 aliphatic heterocycles. The van der Waals surface area contributed by atoms with Gasteiger partial charge in [0.15, 0.2) is 5.96 Å². The van der Waals surface area contributed by atoms with Gasteiger partial charge in [-0.2, -0.15) is 0 Å². The summed E-state index contributed by atoms with van der Waals surface area (Å²) >= 11 is 0. The Bertz CT molecular complexity index is 557. The van der Waals surface area contributed by atoms with Crippen LogP contribution in [0.3, 0.4) is 0 Å². The number of guanidine groups is 1. The molecule has 152 valence electrons. The third-order valence-corrected chi connectivity index (χ3v) is 4.39. The van der Waals surface area contributed by atoms with Gasteiger partial charge in [0.1, 0.15) is 0 Å². The van der Waals surface area contributed by atoms with E-state index >= 15 is 0 Å². The Labute approximate surface area is 164 Å². The van der Waals surface area contributed by atoms with Crippen LogP contribution < -0.4 is 10.6 Å². The number of nitrogens with one attached hydrogen (secondary N) is 2. The van der Waals surface area contributed by atoms with E-state index in [9.17, 15) is 0 Å². The fourth-order valence-electron chi connectivity index (χ4n) is 3.05. The van der Waals surface area contributed by atoms with Gasteiger partial charge in [0.25, 0.3) is 0 Å². The average Bonchev–Trinajstić information content (AvgIpc) is 3.15. The highest BCUT2D eigenvalue weighted by molar-refractivity contribution is 5.79. The summed E-state index contributed by atoms with van der Waals surface area (Å²) in [6.07, 6.45) is 2.10. The Hall–Kier alpha value is -1.63. The van der Waals surface area contributed by atoms with Gasteiger partial charge < -0.3 is 25.0 Å². The van der Waals surface area contributed by atoms with Crippen LogP contribution in [0, 0.1) is 5.92 Å². The maximum atomic E-state index is 5.75. The molecule has 6 nitrogen and oxygen atoms in total. The molecule has 0 amide bonds. The highest BCUT2D eigenvalue weighted by Gasteiger charge is 2.15. The molecule has 1 heterocycles. The van der Waals surface area contributed by atoms with Crippen molar-refractivity contribution in [3.8, 4) is 0 Å². The van der Waals surface area contributed by atoms with Crippen molar-refractivity contribution in [1.82, 2.24) is 15.5 Å². The molecule has 2 rings (SSSR count). The second kappa shape index (κ2) is 12.7. The largest absolute Gasteiger partial charge is 0.381 e. The van der Waals surface area contributed by atoms with E-state index in [2.05, 4.69) is 60.8 Å². The van der Waals surface area contributed by atoms with E-state index in [4.69, 9.17) is 14.5 Å². The third-order valence-electron chi connectivity index (χ3n) is 4.39. The first kappa shape index (κ1) is 21.7. The lowest BCUT2D eigenvalue weighted by Crippen LogP contribution is -2.38. The molecule has 0 bridgehead atoms. The van der Waals surface area contributed by atoms with E-state index in [1.165, 1.54) is 11.1 Å². The van der Waals surface area contributed by atoms with Crippen molar-refractivity contribution < 1.29 is 9.47 Å². The first-order valence-electron chi connectivity index (χ1n) is 10.1. The maximum absolute atomic E-state index is 5.75. The van der Waals surface area contributed by atoms with E-state index < -0.39 is 0 Å². The number of aliphatic imine (C=N–C) groups is 1. The summed E-state index contributed by atoms with van der Waals surface area (Å²) in [5.74, 6) is 1.44. The number of hydrogen-bond donors (Lipinski definition) is 2. The quantitative estimate of drug-likeness (QED) is 0.352. The van der Waals surface area contributed by atoms with Crippen LogP contribution in [0.5, 0.6) is 0 Å². The van der Waals surface area contributed by atoms with Crippen LogP contribution in [0.25, 0.3) is 0 Å². The van der Waals surface area contributed by atoms with Gasteiger partial charge in [-0.05, 0) is 45.0 Å². The van der Waals surface area contributed by atoms with Crippen molar-refractivity contribution in [3.63, 3.8) is 0 Å². The van der Waals surface area contributed by atoms with Crippen molar-refractivity contribution in [2.24, 2.45) is 10.9 Å².